The highest BCUT2D eigenvalue weighted by Crippen LogP contribution is 2.18. The average molecular weight is 253 g/mol. The van der Waals surface area contributed by atoms with Crippen molar-refractivity contribution in [3.8, 4) is 0 Å². The van der Waals surface area contributed by atoms with Gasteiger partial charge >= 0.3 is 0 Å². The van der Waals surface area contributed by atoms with Gasteiger partial charge in [-0.05, 0) is 5.92 Å². The van der Waals surface area contributed by atoms with Crippen LogP contribution in [0.15, 0.2) is 23.1 Å². The van der Waals surface area contributed by atoms with Crippen LogP contribution in [0.25, 0.3) is 0 Å². The fourth-order valence-electron chi connectivity index (χ4n) is 1.30. The van der Waals surface area contributed by atoms with E-state index in [0.717, 1.165) is 11.5 Å². The summed E-state index contributed by atoms with van der Waals surface area (Å²) in [4.78, 5) is 7.83. The number of aromatic nitrogens is 3. The molecule has 0 bridgehead atoms. The molecule has 0 saturated heterocycles. The first-order valence-electron chi connectivity index (χ1n) is 5.31. The van der Waals surface area contributed by atoms with Crippen LogP contribution in [0.2, 0.25) is 5.02 Å². The van der Waals surface area contributed by atoms with E-state index in [-0.39, 0.29) is 0 Å². The van der Waals surface area contributed by atoms with Gasteiger partial charge in [-0.25, -0.2) is 9.97 Å². The zero-order valence-corrected chi connectivity index (χ0v) is 10.4. The lowest BCUT2D eigenvalue weighted by atomic mass is 10.1. The van der Waals surface area contributed by atoms with Crippen molar-refractivity contribution in [2.24, 2.45) is 0 Å². The standard InChI is InChI=1S/C11H13ClN4O/c1-7(2)10-3-8(17-16-10)4-14-11-9(12)5-13-6-15-11/h3,5-7H,4H2,1-2H3,(H,13,14,15). The predicted octanol–water partition coefficient (Wildman–Crippen LogP) is 2.85. The lowest BCUT2D eigenvalue weighted by Gasteiger charge is -2.03. The molecule has 0 atom stereocenters. The van der Waals surface area contributed by atoms with Crippen molar-refractivity contribution < 1.29 is 4.52 Å². The molecular weight excluding hydrogens is 240 g/mol. The Morgan fingerprint density at radius 1 is 1.47 bits per heavy atom. The third-order valence-electron chi connectivity index (χ3n) is 2.27. The molecule has 2 aromatic heterocycles. The summed E-state index contributed by atoms with van der Waals surface area (Å²) in [6.45, 7) is 4.63. The van der Waals surface area contributed by atoms with E-state index in [1.165, 1.54) is 12.5 Å². The van der Waals surface area contributed by atoms with Gasteiger partial charge in [0.05, 0.1) is 18.4 Å². The maximum Gasteiger partial charge on any atom is 0.156 e. The topological polar surface area (TPSA) is 63.8 Å². The van der Waals surface area contributed by atoms with E-state index in [4.69, 9.17) is 16.1 Å². The molecule has 1 N–H and O–H groups in total. The van der Waals surface area contributed by atoms with E-state index in [0.29, 0.717) is 23.3 Å². The first-order valence-corrected chi connectivity index (χ1v) is 5.69. The first kappa shape index (κ1) is 11.9. The Morgan fingerprint density at radius 2 is 2.29 bits per heavy atom. The zero-order valence-electron chi connectivity index (χ0n) is 9.64. The van der Waals surface area contributed by atoms with Crippen molar-refractivity contribution in [3.63, 3.8) is 0 Å². The van der Waals surface area contributed by atoms with Crippen molar-refractivity contribution in [1.82, 2.24) is 15.1 Å². The number of nitrogens with zero attached hydrogens (tertiary/aromatic N) is 3. The summed E-state index contributed by atoms with van der Waals surface area (Å²) in [7, 11) is 0. The van der Waals surface area contributed by atoms with Crippen LogP contribution in [0.1, 0.15) is 31.2 Å². The number of rotatable bonds is 4. The molecule has 2 rings (SSSR count). The summed E-state index contributed by atoms with van der Waals surface area (Å²) < 4.78 is 5.19. The minimum Gasteiger partial charge on any atom is -0.361 e. The molecule has 0 fully saturated rings. The van der Waals surface area contributed by atoms with Crippen molar-refractivity contribution >= 4 is 17.4 Å². The van der Waals surface area contributed by atoms with Gasteiger partial charge in [-0.15, -0.1) is 0 Å². The Bertz CT molecular complexity index is 498. The molecule has 0 aliphatic rings. The van der Waals surface area contributed by atoms with E-state index < -0.39 is 0 Å². The van der Waals surface area contributed by atoms with E-state index in [2.05, 4.69) is 34.3 Å². The maximum atomic E-state index is 5.91. The largest absolute Gasteiger partial charge is 0.361 e. The molecule has 6 heteroatoms. The molecule has 0 aliphatic heterocycles. The summed E-state index contributed by atoms with van der Waals surface area (Å²) >= 11 is 5.91. The molecule has 2 aromatic rings. The number of anilines is 1. The Morgan fingerprint density at radius 3 is 2.94 bits per heavy atom. The van der Waals surface area contributed by atoms with Crippen LogP contribution < -0.4 is 5.32 Å². The van der Waals surface area contributed by atoms with Gasteiger partial charge in [-0.2, -0.15) is 0 Å². The molecule has 17 heavy (non-hydrogen) atoms. The zero-order chi connectivity index (χ0) is 12.3. The van der Waals surface area contributed by atoms with Gasteiger partial charge in [0.25, 0.3) is 0 Å². The highest BCUT2D eigenvalue weighted by atomic mass is 35.5. The lowest BCUT2D eigenvalue weighted by molar-refractivity contribution is 0.379. The van der Waals surface area contributed by atoms with Crippen molar-refractivity contribution in [1.29, 1.82) is 0 Å². The number of nitrogens with one attached hydrogen (secondary N) is 1. The van der Waals surface area contributed by atoms with Gasteiger partial charge in [-0.1, -0.05) is 30.6 Å². The molecule has 0 aliphatic carbocycles. The molecule has 2 heterocycles. The van der Waals surface area contributed by atoms with Gasteiger partial charge in [0, 0.05) is 6.07 Å². The SMILES string of the molecule is CC(C)c1cc(CNc2ncncc2Cl)on1. The molecular formula is C11H13ClN4O. The second-order valence-corrected chi connectivity index (χ2v) is 4.35. The highest BCUT2D eigenvalue weighted by Gasteiger charge is 2.08. The van der Waals surface area contributed by atoms with Gasteiger partial charge in [0.15, 0.2) is 5.76 Å². The van der Waals surface area contributed by atoms with Crippen LogP contribution in [0.3, 0.4) is 0 Å². The minimum absolute atomic E-state index is 0.357. The van der Waals surface area contributed by atoms with E-state index >= 15 is 0 Å². The average Bonchev–Trinajstić information content (AvgIpc) is 2.77. The summed E-state index contributed by atoms with van der Waals surface area (Å²) in [6, 6.07) is 1.92. The number of halogens is 1. The Kier molecular flexibility index (Phi) is 3.58. The quantitative estimate of drug-likeness (QED) is 0.907. The van der Waals surface area contributed by atoms with Gasteiger partial charge < -0.3 is 9.84 Å². The third-order valence-corrected chi connectivity index (χ3v) is 2.54. The Hall–Kier alpha value is -1.62. The molecule has 0 saturated carbocycles. The van der Waals surface area contributed by atoms with E-state index in [1.54, 1.807) is 0 Å². The molecule has 90 valence electrons. The number of hydrogen-bond donors (Lipinski definition) is 1. The van der Waals surface area contributed by atoms with Crippen molar-refractivity contribution in [2.45, 2.75) is 26.3 Å². The second kappa shape index (κ2) is 5.14. The maximum absolute atomic E-state index is 5.91. The lowest BCUT2D eigenvalue weighted by Crippen LogP contribution is -2.01. The van der Waals surface area contributed by atoms with Gasteiger partial charge in [0.1, 0.15) is 17.2 Å². The van der Waals surface area contributed by atoms with Gasteiger partial charge in [0.2, 0.25) is 0 Å². The molecule has 0 spiro atoms. The van der Waals surface area contributed by atoms with E-state index in [9.17, 15) is 0 Å². The summed E-state index contributed by atoms with van der Waals surface area (Å²) in [6.07, 6.45) is 2.98. The molecule has 0 unspecified atom stereocenters. The molecule has 5 nitrogen and oxygen atoms in total. The highest BCUT2D eigenvalue weighted by molar-refractivity contribution is 6.32. The van der Waals surface area contributed by atoms with Crippen LogP contribution in [0.4, 0.5) is 5.82 Å². The van der Waals surface area contributed by atoms with Crippen LogP contribution in [-0.2, 0) is 6.54 Å². The van der Waals surface area contributed by atoms with Crippen LogP contribution >= 0.6 is 11.6 Å². The van der Waals surface area contributed by atoms with Crippen molar-refractivity contribution in [3.05, 3.63) is 35.1 Å². The Balaban J connectivity index is 2.00. The van der Waals surface area contributed by atoms with Crippen molar-refractivity contribution in [2.75, 3.05) is 5.32 Å². The summed E-state index contributed by atoms with van der Waals surface area (Å²) in [5.41, 5.74) is 0.940. The van der Waals surface area contributed by atoms with Crippen LogP contribution in [0, 0.1) is 0 Å². The number of hydrogen-bond acceptors (Lipinski definition) is 5. The normalized spacial score (nSPS) is 10.8. The van der Waals surface area contributed by atoms with Crippen LogP contribution in [0.5, 0.6) is 0 Å². The molecule has 0 amide bonds. The Labute approximate surface area is 104 Å². The monoisotopic (exact) mass is 252 g/mol. The summed E-state index contributed by atoms with van der Waals surface area (Å²) in [5, 5.41) is 7.52. The summed E-state index contributed by atoms with van der Waals surface area (Å²) in [5.74, 6) is 1.70. The first-order chi connectivity index (χ1) is 8.16. The molecule has 0 aromatic carbocycles. The van der Waals surface area contributed by atoms with Crippen LogP contribution in [-0.4, -0.2) is 15.1 Å². The smallest absolute Gasteiger partial charge is 0.156 e. The minimum atomic E-state index is 0.357. The third kappa shape index (κ3) is 2.94. The second-order valence-electron chi connectivity index (χ2n) is 3.95. The van der Waals surface area contributed by atoms with Gasteiger partial charge in [-0.3, -0.25) is 0 Å². The fraction of sp³-hybridized carbons (Fsp3) is 0.364. The fourth-order valence-corrected chi connectivity index (χ4v) is 1.47. The molecule has 0 radical (unpaired) electrons. The predicted molar refractivity (Wildman–Crippen MR) is 65.0 cm³/mol. The van der Waals surface area contributed by atoms with E-state index in [1.807, 2.05) is 6.07 Å².